The van der Waals surface area contributed by atoms with E-state index in [1.54, 1.807) is 26.0 Å². The molecule has 1 unspecified atom stereocenters. The highest BCUT2D eigenvalue weighted by Crippen LogP contribution is 2.30. The first-order chi connectivity index (χ1) is 6.99. The highest BCUT2D eigenvalue weighted by Gasteiger charge is 2.36. The van der Waals surface area contributed by atoms with E-state index in [-0.39, 0.29) is 0 Å². The molecule has 1 N–H and O–H groups in total. The predicted octanol–water partition coefficient (Wildman–Crippen LogP) is 2.28. The van der Waals surface area contributed by atoms with E-state index in [0.29, 0.717) is 0 Å². The number of benzene rings is 1. The maximum absolute atomic E-state index is 11.2. The summed E-state index contributed by atoms with van der Waals surface area (Å²) < 4.78 is 5.23. The maximum Gasteiger partial charge on any atom is 0.313 e. The second-order valence-corrected chi connectivity index (χ2v) is 3.99. The van der Waals surface area contributed by atoms with Gasteiger partial charge in [-0.25, -0.2) is 0 Å². The van der Waals surface area contributed by atoms with Crippen LogP contribution in [0.4, 0.5) is 0 Å². The smallest absolute Gasteiger partial charge is 0.313 e. The Labute approximate surface area is 89.7 Å². The van der Waals surface area contributed by atoms with Crippen molar-refractivity contribution in [3.05, 3.63) is 35.9 Å². The van der Waals surface area contributed by atoms with E-state index in [0.717, 1.165) is 5.56 Å². The number of aliphatic carboxylic acids is 1. The van der Waals surface area contributed by atoms with Crippen LogP contribution >= 0.6 is 0 Å². The van der Waals surface area contributed by atoms with Crippen LogP contribution in [0, 0.1) is 0 Å². The summed E-state index contributed by atoms with van der Waals surface area (Å²) in [6.45, 7) is 3.55. The number of rotatable bonds is 4. The minimum atomic E-state index is -0.868. The Morgan fingerprint density at radius 2 is 1.87 bits per heavy atom. The van der Waals surface area contributed by atoms with Crippen LogP contribution in [-0.2, 0) is 9.53 Å². The second kappa shape index (κ2) is 4.45. The van der Waals surface area contributed by atoms with E-state index in [2.05, 4.69) is 0 Å². The normalized spacial score (nSPS) is 13.5. The largest absolute Gasteiger partial charge is 0.481 e. The zero-order valence-electron chi connectivity index (χ0n) is 9.23. The van der Waals surface area contributed by atoms with Gasteiger partial charge in [-0.2, -0.15) is 0 Å². The average Bonchev–Trinajstić information content (AvgIpc) is 2.18. The molecule has 0 radical (unpaired) electrons. The van der Waals surface area contributed by atoms with Crippen LogP contribution in [0.3, 0.4) is 0 Å². The molecule has 0 heterocycles. The lowest BCUT2D eigenvalue weighted by Gasteiger charge is -2.30. The number of carboxylic acid groups (broad SMARTS) is 1. The lowest BCUT2D eigenvalue weighted by molar-refractivity contribution is -0.146. The van der Waals surface area contributed by atoms with Crippen molar-refractivity contribution in [3.63, 3.8) is 0 Å². The molecule has 1 aromatic carbocycles. The lowest BCUT2D eigenvalue weighted by atomic mass is 9.84. The molecule has 0 saturated heterocycles. The van der Waals surface area contributed by atoms with Crippen LogP contribution < -0.4 is 0 Å². The van der Waals surface area contributed by atoms with Gasteiger partial charge in [0.1, 0.15) is 5.92 Å². The van der Waals surface area contributed by atoms with Gasteiger partial charge in [0.2, 0.25) is 0 Å². The molecule has 0 saturated carbocycles. The molecule has 0 aliphatic rings. The van der Waals surface area contributed by atoms with Crippen LogP contribution in [0.1, 0.15) is 25.3 Å². The van der Waals surface area contributed by atoms with Gasteiger partial charge in [0.05, 0.1) is 5.60 Å². The standard InChI is InChI=1S/C12H16O3/c1-12(2,15-3)10(11(13)14)9-7-5-4-6-8-9/h4-8,10H,1-3H3,(H,13,14). The molecule has 0 bridgehead atoms. The van der Waals surface area contributed by atoms with Gasteiger partial charge in [-0.3, -0.25) is 4.79 Å². The topological polar surface area (TPSA) is 46.5 Å². The van der Waals surface area contributed by atoms with Crippen molar-refractivity contribution in [3.8, 4) is 0 Å². The van der Waals surface area contributed by atoms with Crippen molar-refractivity contribution < 1.29 is 14.6 Å². The zero-order valence-corrected chi connectivity index (χ0v) is 9.23. The number of hydrogen-bond donors (Lipinski definition) is 1. The van der Waals surface area contributed by atoms with Crippen molar-refractivity contribution in [1.82, 2.24) is 0 Å². The van der Waals surface area contributed by atoms with E-state index >= 15 is 0 Å². The summed E-state index contributed by atoms with van der Waals surface area (Å²) in [4.78, 5) is 11.2. The highest BCUT2D eigenvalue weighted by atomic mass is 16.5. The average molecular weight is 208 g/mol. The molecule has 0 aliphatic heterocycles. The van der Waals surface area contributed by atoms with E-state index in [4.69, 9.17) is 4.74 Å². The van der Waals surface area contributed by atoms with Crippen LogP contribution in [0.2, 0.25) is 0 Å². The number of carboxylic acids is 1. The molecule has 0 spiro atoms. The molecule has 82 valence electrons. The van der Waals surface area contributed by atoms with Gasteiger partial charge in [0.25, 0.3) is 0 Å². The molecule has 0 aliphatic carbocycles. The molecule has 1 rings (SSSR count). The predicted molar refractivity (Wildman–Crippen MR) is 57.9 cm³/mol. The summed E-state index contributed by atoms with van der Waals surface area (Å²) in [6, 6.07) is 9.13. The molecule has 0 aromatic heterocycles. The third kappa shape index (κ3) is 2.57. The van der Waals surface area contributed by atoms with Crippen LogP contribution in [0.5, 0.6) is 0 Å². The van der Waals surface area contributed by atoms with Crippen molar-refractivity contribution in [2.24, 2.45) is 0 Å². The van der Waals surface area contributed by atoms with Gasteiger partial charge in [-0.05, 0) is 19.4 Å². The number of hydrogen-bond acceptors (Lipinski definition) is 2. The maximum atomic E-state index is 11.2. The number of ether oxygens (including phenoxy) is 1. The molecule has 1 aromatic rings. The van der Waals surface area contributed by atoms with Gasteiger partial charge in [0, 0.05) is 7.11 Å². The first kappa shape index (κ1) is 11.7. The Morgan fingerprint density at radius 1 is 1.33 bits per heavy atom. The monoisotopic (exact) mass is 208 g/mol. The van der Waals surface area contributed by atoms with E-state index < -0.39 is 17.5 Å². The molecule has 1 atom stereocenters. The van der Waals surface area contributed by atoms with Crippen LogP contribution in [-0.4, -0.2) is 23.8 Å². The van der Waals surface area contributed by atoms with Gasteiger partial charge >= 0.3 is 5.97 Å². The second-order valence-electron chi connectivity index (χ2n) is 3.99. The Bertz CT molecular complexity index is 330. The fraction of sp³-hybridized carbons (Fsp3) is 0.417. The summed E-state index contributed by atoms with van der Waals surface area (Å²) in [5.74, 6) is -1.52. The van der Waals surface area contributed by atoms with E-state index in [9.17, 15) is 9.90 Å². The minimum absolute atomic E-state index is 0.649. The SMILES string of the molecule is COC(C)(C)C(C(=O)O)c1ccccc1. The highest BCUT2D eigenvalue weighted by molar-refractivity contribution is 5.77. The van der Waals surface area contributed by atoms with Crippen molar-refractivity contribution in [1.29, 1.82) is 0 Å². The summed E-state index contributed by atoms with van der Waals surface area (Å²) in [5, 5.41) is 9.21. The van der Waals surface area contributed by atoms with Gasteiger partial charge in [-0.15, -0.1) is 0 Å². The minimum Gasteiger partial charge on any atom is -0.481 e. The third-order valence-corrected chi connectivity index (χ3v) is 2.60. The molecule has 3 nitrogen and oxygen atoms in total. The van der Waals surface area contributed by atoms with Gasteiger partial charge in [-0.1, -0.05) is 30.3 Å². The summed E-state index contributed by atoms with van der Waals surface area (Å²) in [6.07, 6.45) is 0. The summed E-state index contributed by atoms with van der Waals surface area (Å²) in [7, 11) is 1.53. The van der Waals surface area contributed by atoms with Gasteiger partial charge < -0.3 is 9.84 Å². The molecule has 0 fully saturated rings. The molecular weight excluding hydrogens is 192 g/mol. The quantitative estimate of drug-likeness (QED) is 0.825. The lowest BCUT2D eigenvalue weighted by Crippen LogP contribution is -2.36. The van der Waals surface area contributed by atoms with Crippen LogP contribution in [0.25, 0.3) is 0 Å². The third-order valence-electron chi connectivity index (χ3n) is 2.60. The van der Waals surface area contributed by atoms with E-state index in [1.165, 1.54) is 7.11 Å². The Hall–Kier alpha value is -1.35. The summed E-state index contributed by atoms with van der Waals surface area (Å²) >= 11 is 0. The van der Waals surface area contributed by atoms with Crippen molar-refractivity contribution in [2.75, 3.05) is 7.11 Å². The number of carbonyl (C=O) groups is 1. The van der Waals surface area contributed by atoms with E-state index in [1.807, 2.05) is 18.2 Å². The molecule has 0 amide bonds. The molecular formula is C12H16O3. The molecule has 3 heteroatoms. The Balaban J connectivity index is 3.10. The van der Waals surface area contributed by atoms with Gasteiger partial charge in [0.15, 0.2) is 0 Å². The van der Waals surface area contributed by atoms with Crippen molar-refractivity contribution >= 4 is 5.97 Å². The molecule has 15 heavy (non-hydrogen) atoms. The Morgan fingerprint density at radius 3 is 2.27 bits per heavy atom. The zero-order chi connectivity index (χ0) is 11.5. The Kier molecular flexibility index (Phi) is 3.48. The number of methoxy groups -OCH3 is 1. The summed E-state index contributed by atoms with van der Waals surface area (Å²) in [5.41, 5.74) is 0.0459. The van der Waals surface area contributed by atoms with Crippen LogP contribution in [0.15, 0.2) is 30.3 Å². The fourth-order valence-corrected chi connectivity index (χ4v) is 1.60. The fourth-order valence-electron chi connectivity index (χ4n) is 1.60. The first-order valence-electron chi connectivity index (χ1n) is 4.82. The first-order valence-corrected chi connectivity index (χ1v) is 4.82. The van der Waals surface area contributed by atoms with Crippen molar-refractivity contribution in [2.45, 2.75) is 25.4 Å².